The smallest absolute Gasteiger partial charge is 0.326 e. The van der Waals surface area contributed by atoms with Crippen LogP contribution >= 0.6 is 23.2 Å². The molecular weight excluding hydrogens is 399 g/mol. The summed E-state index contributed by atoms with van der Waals surface area (Å²) in [7, 11) is 1.56. The van der Waals surface area contributed by atoms with Crippen molar-refractivity contribution < 1.29 is 9.53 Å². The van der Waals surface area contributed by atoms with Crippen molar-refractivity contribution in [2.24, 2.45) is 0 Å². The molecule has 1 aromatic heterocycles. The van der Waals surface area contributed by atoms with E-state index in [0.717, 1.165) is 5.56 Å². The fourth-order valence-corrected chi connectivity index (χ4v) is 2.90. The normalized spacial score (nSPS) is 10.4. The van der Waals surface area contributed by atoms with Gasteiger partial charge in [-0.15, -0.1) is 0 Å². The van der Waals surface area contributed by atoms with E-state index in [9.17, 15) is 4.79 Å². The predicted octanol–water partition coefficient (Wildman–Crippen LogP) is 5.07. The first kappa shape index (κ1) is 19.9. The Balaban J connectivity index is 1.86. The molecular formula is C20H18Cl2N4O2. The van der Waals surface area contributed by atoms with Crippen LogP contribution in [0.3, 0.4) is 0 Å². The molecule has 0 saturated carbocycles. The van der Waals surface area contributed by atoms with Gasteiger partial charge < -0.3 is 10.1 Å². The Labute approximate surface area is 173 Å². The molecule has 0 atom stereocenters. The van der Waals surface area contributed by atoms with Crippen LogP contribution in [0.2, 0.25) is 10.3 Å². The fraction of sp³-hybridized carbons (Fsp3) is 0.150. The van der Waals surface area contributed by atoms with Crippen LogP contribution in [0, 0.1) is 0 Å². The zero-order chi connectivity index (χ0) is 19.9. The van der Waals surface area contributed by atoms with Gasteiger partial charge in [0.05, 0.1) is 17.8 Å². The molecule has 1 heterocycles. The Morgan fingerprint density at radius 1 is 1.11 bits per heavy atom. The number of para-hydroxylation sites is 1. The number of halogens is 2. The van der Waals surface area contributed by atoms with Crippen LogP contribution in [0.1, 0.15) is 5.56 Å². The van der Waals surface area contributed by atoms with Crippen LogP contribution in [0.5, 0.6) is 5.75 Å². The molecule has 1 N–H and O–H groups in total. The third kappa shape index (κ3) is 5.12. The number of ether oxygens (including phenoxy) is 1. The van der Waals surface area contributed by atoms with E-state index < -0.39 is 0 Å². The van der Waals surface area contributed by atoms with Crippen molar-refractivity contribution in [2.45, 2.75) is 6.42 Å². The first-order valence-corrected chi connectivity index (χ1v) is 9.26. The molecule has 28 heavy (non-hydrogen) atoms. The van der Waals surface area contributed by atoms with E-state index in [2.05, 4.69) is 15.3 Å². The van der Waals surface area contributed by atoms with Gasteiger partial charge in [-0.2, -0.15) is 0 Å². The standard InChI is InChI=1S/C20H18Cl2N4O2/c1-28-16-7-8-17(21)18(11-16)26(10-9-14-12-23-19(22)24-13-14)20(27)25-15-5-3-2-4-6-15/h2-8,11-13H,9-10H2,1H3,(H,25,27). The van der Waals surface area contributed by atoms with Crippen LogP contribution in [0.4, 0.5) is 16.2 Å². The second-order valence-electron chi connectivity index (χ2n) is 5.88. The highest BCUT2D eigenvalue weighted by atomic mass is 35.5. The van der Waals surface area contributed by atoms with E-state index in [-0.39, 0.29) is 11.3 Å². The zero-order valence-electron chi connectivity index (χ0n) is 15.1. The summed E-state index contributed by atoms with van der Waals surface area (Å²) in [6.45, 7) is 0.358. The molecule has 0 saturated heterocycles. The van der Waals surface area contributed by atoms with Gasteiger partial charge in [0.25, 0.3) is 0 Å². The van der Waals surface area contributed by atoms with Gasteiger partial charge in [0.2, 0.25) is 5.28 Å². The van der Waals surface area contributed by atoms with Crippen molar-refractivity contribution >= 4 is 40.6 Å². The minimum absolute atomic E-state index is 0.179. The van der Waals surface area contributed by atoms with Gasteiger partial charge in [0.15, 0.2) is 0 Å². The van der Waals surface area contributed by atoms with E-state index in [4.69, 9.17) is 27.9 Å². The van der Waals surface area contributed by atoms with Gasteiger partial charge in [0.1, 0.15) is 5.75 Å². The number of rotatable bonds is 6. The van der Waals surface area contributed by atoms with Gasteiger partial charge in [-0.1, -0.05) is 29.8 Å². The van der Waals surface area contributed by atoms with Crippen molar-refractivity contribution in [3.8, 4) is 5.75 Å². The SMILES string of the molecule is COc1ccc(Cl)c(N(CCc2cnc(Cl)nc2)C(=O)Nc2ccccc2)c1. The summed E-state index contributed by atoms with van der Waals surface area (Å²) in [6, 6.07) is 14.1. The summed E-state index contributed by atoms with van der Waals surface area (Å²) in [5.41, 5.74) is 2.08. The summed E-state index contributed by atoms with van der Waals surface area (Å²) >= 11 is 12.1. The van der Waals surface area contributed by atoms with Crippen LogP contribution in [-0.4, -0.2) is 29.7 Å². The lowest BCUT2D eigenvalue weighted by Crippen LogP contribution is -2.37. The van der Waals surface area contributed by atoms with E-state index in [1.54, 1.807) is 42.6 Å². The molecule has 0 radical (unpaired) electrons. The van der Waals surface area contributed by atoms with Gasteiger partial charge >= 0.3 is 6.03 Å². The molecule has 0 aliphatic heterocycles. The second kappa shape index (κ2) is 9.39. The number of amides is 2. The first-order chi connectivity index (χ1) is 13.6. The fourth-order valence-electron chi connectivity index (χ4n) is 2.58. The van der Waals surface area contributed by atoms with E-state index in [1.807, 2.05) is 30.3 Å². The summed E-state index contributed by atoms with van der Waals surface area (Å²) in [6.07, 6.45) is 3.79. The quantitative estimate of drug-likeness (QED) is 0.569. The molecule has 3 aromatic rings. The molecule has 2 aromatic carbocycles. The third-order valence-corrected chi connectivity index (χ3v) is 4.53. The van der Waals surface area contributed by atoms with E-state index in [0.29, 0.717) is 35.1 Å². The number of anilines is 2. The molecule has 0 spiro atoms. The number of carbonyl (C=O) groups is 1. The lowest BCUT2D eigenvalue weighted by molar-refractivity contribution is 0.257. The number of urea groups is 1. The monoisotopic (exact) mass is 416 g/mol. The van der Waals surface area contributed by atoms with E-state index in [1.165, 1.54) is 0 Å². The molecule has 0 bridgehead atoms. The Morgan fingerprint density at radius 3 is 2.50 bits per heavy atom. The van der Waals surface area contributed by atoms with Crippen molar-refractivity contribution in [2.75, 3.05) is 23.9 Å². The summed E-state index contributed by atoms with van der Waals surface area (Å²) in [5, 5.41) is 3.51. The Hall–Kier alpha value is -2.83. The number of hydrogen-bond donors (Lipinski definition) is 1. The average Bonchev–Trinajstić information content (AvgIpc) is 2.71. The molecule has 0 aliphatic rings. The average molecular weight is 417 g/mol. The van der Waals surface area contributed by atoms with E-state index >= 15 is 0 Å². The number of nitrogens with zero attached hydrogens (tertiary/aromatic N) is 3. The van der Waals surface area contributed by atoms with Gasteiger partial charge in [-0.3, -0.25) is 4.90 Å². The van der Waals surface area contributed by atoms with Crippen LogP contribution in [0.25, 0.3) is 0 Å². The molecule has 6 nitrogen and oxygen atoms in total. The molecule has 8 heteroatoms. The van der Waals surface area contributed by atoms with Crippen molar-refractivity contribution in [1.29, 1.82) is 0 Å². The number of methoxy groups -OCH3 is 1. The molecule has 3 rings (SSSR count). The lowest BCUT2D eigenvalue weighted by Gasteiger charge is -2.24. The number of benzene rings is 2. The van der Waals surface area contributed by atoms with Crippen molar-refractivity contribution in [3.05, 3.63) is 76.8 Å². The maximum Gasteiger partial charge on any atom is 0.326 e. The highest BCUT2D eigenvalue weighted by molar-refractivity contribution is 6.34. The third-order valence-electron chi connectivity index (χ3n) is 4.01. The summed E-state index contributed by atoms with van der Waals surface area (Å²) < 4.78 is 5.28. The topological polar surface area (TPSA) is 67.3 Å². The molecule has 0 aliphatic carbocycles. The predicted molar refractivity (Wildman–Crippen MR) is 112 cm³/mol. The second-order valence-corrected chi connectivity index (χ2v) is 6.62. The number of nitrogens with one attached hydrogen (secondary N) is 1. The zero-order valence-corrected chi connectivity index (χ0v) is 16.6. The van der Waals surface area contributed by atoms with Crippen LogP contribution in [-0.2, 0) is 6.42 Å². The highest BCUT2D eigenvalue weighted by Crippen LogP contribution is 2.31. The van der Waals surface area contributed by atoms with Crippen molar-refractivity contribution in [1.82, 2.24) is 9.97 Å². The van der Waals surface area contributed by atoms with Crippen LogP contribution < -0.4 is 15.0 Å². The number of carbonyl (C=O) groups excluding carboxylic acids is 1. The first-order valence-electron chi connectivity index (χ1n) is 8.50. The largest absolute Gasteiger partial charge is 0.497 e. The number of aromatic nitrogens is 2. The molecule has 0 unspecified atom stereocenters. The van der Waals surface area contributed by atoms with Crippen molar-refractivity contribution in [3.63, 3.8) is 0 Å². The summed E-state index contributed by atoms with van der Waals surface area (Å²) in [4.78, 5) is 22.5. The molecule has 0 fully saturated rings. The van der Waals surface area contributed by atoms with Gasteiger partial charge in [-0.05, 0) is 47.9 Å². The minimum atomic E-state index is -0.309. The lowest BCUT2D eigenvalue weighted by atomic mass is 10.2. The maximum absolute atomic E-state index is 13.0. The minimum Gasteiger partial charge on any atom is -0.497 e. The Bertz CT molecular complexity index is 937. The Kier molecular flexibility index (Phi) is 6.68. The maximum atomic E-state index is 13.0. The Morgan fingerprint density at radius 2 is 1.82 bits per heavy atom. The van der Waals surface area contributed by atoms with Gasteiger partial charge in [-0.25, -0.2) is 14.8 Å². The van der Waals surface area contributed by atoms with Gasteiger partial charge in [0, 0.05) is 30.7 Å². The highest BCUT2D eigenvalue weighted by Gasteiger charge is 2.19. The summed E-state index contributed by atoms with van der Waals surface area (Å²) in [5.74, 6) is 0.603. The number of hydrogen-bond acceptors (Lipinski definition) is 4. The molecule has 2 amide bonds. The molecule has 144 valence electrons. The van der Waals surface area contributed by atoms with Crippen LogP contribution in [0.15, 0.2) is 60.9 Å².